The number of hydrogen-bond acceptors (Lipinski definition) is 3. The van der Waals surface area contributed by atoms with Gasteiger partial charge in [0, 0.05) is 24.5 Å². The van der Waals surface area contributed by atoms with Crippen molar-refractivity contribution in [2.75, 3.05) is 40.0 Å². The summed E-state index contributed by atoms with van der Waals surface area (Å²) in [5, 5.41) is 0. The summed E-state index contributed by atoms with van der Waals surface area (Å²) in [6, 6.07) is 8.75. The number of benzene rings is 1. The third-order valence-corrected chi connectivity index (χ3v) is 4.87. The standard InChI is InChI=1S/C16H26N2S/c1-16(9-10-17(2)12-16)13-18(3)11-14-7-5-6-8-15(14)19-4/h5-8H,9-13H2,1-4H3/t16-/m0/s1. The van der Waals surface area contributed by atoms with Crippen LogP contribution in [0.4, 0.5) is 0 Å². The van der Waals surface area contributed by atoms with Crippen LogP contribution < -0.4 is 0 Å². The minimum Gasteiger partial charge on any atom is -0.306 e. The summed E-state index contributed by atoms with van der Waals surface area (Å²) in [4.78, 5) is 6.33. The fourth-order valence-corrected chi connectivity index (χ4v) is 3.84. The Morgan fingerprint density at radius 1 is 1.37 bits per heavy atom. The fraction of sp³-hybridized carbons (Fsp3) is 0.625. The zero-order valence-electron chi connectivity index (χ0n) is 12.6. The summed E-state index contributed by atoms with van der Waals surface area (Å²) < 4.78 is 0. The number of likely N-dealkylation sites (tertiary alicyclic amines) is 1. The molecule has 1 saturated heterocycles. The van der Waals surface area contributed by atoms with Crippen LogP contribution in [0.1, 0.15) is 18.9 Å². The minimum atomic E-state index is 0.456. The van der Waals surface area contributed by atoms with Crippen molar-refractivity contribution in [3.05, 3.63) is 29.8 Å². The second-order valence-corrected chi connectivity index (χ2v) is 7.13. The molecule has 0 bridgehead atoms. The maximum Gasteiger partial charge on any atom is 0.0242 e. The molecule has 0 aromatic heterocycles. The SMILES string of the molecule is CSc1ccccc1CN(C)C[C@@]1(C)CCN(C)C1. The quantitative estimate of drug-likeness (QED) is 0.764. The van der Waals surface area contributed by atoms with Gasteiger partial charge in [-0.3, -0.25) is 0 Å². The summed E-state index contributed by atoms with van der Waals surface area (Å²) in [5.74, 6) is 0. The van der Waals surface area contributed by atoms with Crippen LogP contribution in [-0.2, 0) is 6.54 Å². The van der Waals surface area contributed by atoms with Crippen molar-refractivity contribution in [2.45, 2.75) is 24.8 Å². The molecule has 1 aromatic carbocycles. The smallest absolute Gasteiger partial charge is 0.0242 e. The van der Waals surface area contributed by atoms with Gasteiger partial charge in [-0.1, -0.05) is 25.1 Å². The van der Waals surface area contributed by atoms with E-state index in [0.717, 1.165) is 6.54 Å². The van der Waals surface area contributed by atoms with Gasteiger partial charge in [0.25, 0.3) is 0 Å². The zero-order valence-corrected chi connectivity index (χ0v) is 13.5. The van der Waals surface area contributed by atoms with E-state index in [2.05, 4.69) is 61.3 Å². The average molecular weight is 278 g/mol. The molecule has 0 unspecified atom stereocenters. The van der Waals surface area contributed by atoms with E-state index in [1.165, 1.54) is 36.5 Å². The molecular formula is C16H26N2S. The summed E-state index contributed by atoms with van der Waals surface area (Å²) in [7, 11) is 4.48. The molecular weight excluding hydrogens is 252 g/mol. The van der Waals surface area contributed by atoms with Gasteiger partial charge in [-0.2, -0.15) is 0 Å². The van der Waals surface area contributed by atoms with E-state index in [9.17, 15) is 0 Å². The molecule has 1 heterocycles. The van der Waals surface area contributed by atoms with Crippen molar-refractivity contribution in [2.24, 2.45) is 5.41 Å². The first-order valence-electron chi connectivity index (χ1n) is 7.01. The van der Waals surface area contributed by atoms with Gasteiger partial charge in [0.05, 0.1) is 0 Å². The topological polar surface area (TPSA) is 6.48 Å². The predicted molar refractivity (Wildman–Crippen MR) is 84.8 cm³/mol. The third-order valence-electron chi connectivity index (χ3n) is 4.03. The monoisotopic (exact) mass is 278 g/mol. The molecule has 1 atom stereocenters. The Bertz CT molecular complexity index is 421. The summed E-state index contributed by atoms with van der Waals surface area (Å²) in [5.41, 5.74) is 1.91. The summed E-state index contributed by atoms with van der Waals surface area (Å²) >= 11 is 1.84. The van der Waals surface area contributed by atoms with Crippen molar-refractivity contribution < 1.29 is 0 Å². The molecule has 0 aliphatic carbocycles. The van der Waals surface area contributed by atoms with Crippen molar-refractivity contribution in [3.63, 3.8) is 0 Å². The van der Waals surface area contributed by atoms with Gasteiger partial charge in [0.15, 0.2) is 0 Å². The van der Waals surface area contributed by atoms with Gasteiger partial charge in [0.2, 0.25) is 0 Å². The highest BCUT2D eigenvalue weighted by Gasteiger charge is 2.32. The molecule has 106 valence electrons. The molecule has 0 N–H and O–H groups in total. The van der Waals surface area contributed by atoms with Crippen LogP contribution in [0.2, 0.25) is 0 Å². The first-order valence-corrected chi connectivity index (χ1v) is 8.24. The molecule has 0 amide bonds. The normalized spacial score (nSPS) is 24.3. The van der Waals surface area contributed by atoms with Gasteiger partial charge < -0.3 is 9.80 Å². The Kier molecular flexibility index (Phi) is 4.93. The van der Waals surface area contributed by atoms with Crippen molar-refractivity contribution in [1.82, 2.24) is 9.80 Å². The van der Waals surface area contributed by atoms with Crippen LogP contribution in [0.15, 0.2) is 29.2 Å². The molecule has 1 aromatic rings. The van der Waals surface area contributed by atoms with E-state index in [1.54, 1.807) is 0 Å². The molecule has 2 nitrogen and oxygen atoms in total. The van der Waals surface area contributed by atoms with Crippen LogP contribution in [0.5, 0.6) is 0 Å². The molecule has 0 radical (unpaired) electrons. The van der Waals surface area contributed by atoms with E-state index in [1.807, 2.05) is 11.8 Å². The lowest BCUT2D eigenvalue weighted by atomic mass is 9.89. The third kappa shape index (κ3) is 3.98. The zero-order chi connectivity index (χ0) is 13.9. The largest absolute Gasteiger partial charge is 0.306 e. The Labute approximate surface area is 122 Å². The van der Waals surface area contributed by atoms with Crippen LogP contribution in [0, 0.1) is 5.41 Å². The average Bonchev–Trinajstić information content (AvgIpc) is 2.69. The van der Waals surface area contributed by atoms with E-state index in [-0.39, 0.29) is 0 Å². The Balaban J connectivity index is 1.96. The first-order chi connectivity index (χ1) is 9.02. The number of thioether (sulfide) groups is 1. The fourth-order valence-electron chi connectivity index (χ4n) is 3.23. The maximum atomic E-state index is 2.48. The van der Waals surface area contributed by atoms with E-state index in [4.69, 9.17) is 0 Å². The van der Waals surface area contributed by atoms with Gasteiger partial charge in [-0.15, -0.1) is 11.8 Å². The Hall–Kier alpha value is -0.510. The van der Waals surface area contributed by atoms with E-state index >= 15 is 0 Å². The second kappa shape index (κ2) is 6.29. The maximum absolute atomic E-state index is 2.48. The van der Waals surface area contributed by atoms with Crippen molar-refractivity contribution >= 4 is 11.8 Å². The number of hydrogen-bond donors (Lipinski definition) is 0. The van der Waals surface area contributed by atoms with Gasteiger partial charge in [-0.05, 0) is 50.4 Å². The van der Waals surface area contributed by atoms with Crippen LogP contribution in [0.3, 0.4) is 0 Å². The number of nitrogens with zero attached hydrogens (tertiary/aromatic N) is 2. The lowest BCUT2D eigenvalue weighted by Crippen LogP contribution is -2.35. The molecule has 0 saturated carbocycles. The van der Waals surface area contributed by atoms with Crippen molar-refractivity contribution in [3.8, 4) is 0 Å². The Morgan fingerprint density at radius 2 is 2.11 bits per heavy atom. The molecule has 1 aliphatic heterocycles. The highest BCUT2D eigenvalue weighted by Crippen LogP contribution is 2.30. The molecule has 2 rings (SSSR count). The van der Waals surface area contributed by atoms with E-state index in [0.29, 0.717) is 5.41 Å². The minimum absolute atomic E-state index is 0.456. The second-order valence-electron chi connectivity index (χ2n) is 6.28. The number of rotatable bonds is 5. The molecule has 1 aliphatic rings. The highest BCUT2D eigenvalue weighted by molar-refractivity contribution is 7.98. The van der Waals surface area contributed by atoms with Crippen LogP contribution in [0.25, 0.3) is 0 Å². The Morgan fingerprint density at radius 3 is 2.74 bits per heavy atom. The van der Waals surface area contributed by atoms with E-state index < -0.39 is 0 Å². The first kappa shape index (κ1) is 14.9. The lowest BCUT2D eigenvalue weighted by molar-refractivity contribution is 0.189. The summed E-state index contributed by atoms with van der Waals surface area (Å²) in [6.07, 6.45) is 3.48. The van der Waals surface area contributed by atoms with Gasteiger partial charge >= 0.3 is 0 Å². The highest BCUT2D eigenvalue weighted by atomic mass is 32.2. The van der Waals surface area contributed by atoms with Crippen LogP contribution in [-0.4, -0.2) is 49.8 Å². The van der Waals surface area contributed by atoms with Crippen LogP contribution >= 0.6 is 11.8 Å². The molecule has 19 heavy (non-hydrogen) atoms. The van der Waals surface area contributed by atoms with Gasteiger partial charge in [0.1, 0.15) is 0 Å². The molecule has 1 fully saturated rings. The molecule has 0 spiro atoms. The van der Waals surface area contributed by atoms with Gasteiger partial charge in [-0.25, -0.2) is 0 Å². The predicted octanol–water partition coefficient (Wildman–Crippen LogP) is 3.18. The summed E-state index contributed by atoms with van der Waals surface area (Å²) in [6.45, 7) is 7.12. The lowest BCUT2D eigenvalue weighted by Gasteiger charge is -2.30. The molecule has 3 heteroatoms. The van der Waals surface area contributed by atoms with Crippen molar-refractivity contribution in [1.29, 1.82) is 0 Å².